The van der Waals surface area contributed by atoms with Gasteiger partial charge in [-0.2, -0.15) is 0 Å². The van der Waals surface area contributed by atoms with Crippen LogP contribution in [0.4, 0.5) is 10.3 Å². The van der Waals surface area contributed by atoms with Crippen molar-refractivity contribution in [1.82, 2.24) is 19.5 Å². The Bertz CT molecular complexity index is 906. The molecule has 152 valence electrons. The van der Waals surface area contributed by atoms with E-state index in [0.29, 0.717) is 18.1 Å². The Morgan fingerprint density at radius 2 is 2.00 bits per heavy atom. The van der Waals surface area contributed by atoms with E-state index >= 15 is 0 Å². The first kappa shape index (κ1) is 24.0. The molecule has 0 saturated heterocycles. The van der Waals surface area contributed by atoms with Gasteiger partial charge in [0.1, 0.15) is 0 Å². The second kappa shape index (κ2) is 11.7. The summed E-state index contributed by atoms with van der Waals surface area (Å²) in [5.74, 6) is 1.99. The number of halogens is 3. The number of H-pyrrole nitrogens is 1. The van der Waals surface area contributed by atoms with Crippen LogP contribution in [0.1, 0.15) is 23.0 Å². The fraction of sp³-hybridized carbons (Fsp3) is 0.278. The number of thioether (sulfide) groups is 1. The zero-order chi connectivity index (χ0) is 18.4. The molecule has 0 aliphatic rings. The minimum atomic E-state index is -1.49. The van der Waals surface area contributed by atoms with Crippen molar-refractivity contribution in [3.8, 4) is 0 Å². The van der Waals surface area contributed by atoms with Crippen LogP contribution in [0.5, 0.6) is 0 Å². The van der Waals surface area contributed by atoms with Crippen molar-refractivity contribution in [3.63, 3.8) is 0 Å². The maximum atomic E-state index is 14.5. The maximum absolute atomic E-state index is 14.5. The largest absolute Gasteiger partial charge is 0.355 e. The van der Waals surface area contributed by atoms with E-state index < -0.39 is 11.7 Å². The number of aryl methyl sites for hydroxylation is 1. The lowest BCUT2D eigenvalue weighted by Crippen LogP contribution is -2.19. The van der Waals surface area contributed by atoms with Crippen molar-refractivity contribution in [2.45, 2.75) is 19.0 Å². The third-order valence-electron chi connectivity index (χ3n) is 3.88. The first-order chi connectivity index (χ1) is 12.6. The van der Waals surface area contributed by atoms with Gasteiger partial charge in [-0.15, -0.1) is 36.6 Å². The van der Waals surface area contributed by atoms with E-state index in [9.17, 15) is 9.18 Å². The van der Waals surface area contributed by atoms with Gasteiger partial charge in [0, 0.05) is 30.4 Å². The third-order valence-corrected chi connectivity index (χ3v) is 4.84. The Labute approximate surface area is 179 Å². The van der Waals surface area contributed by atoms with Crippen molar-refractivity contribution in [3.05, 3.63) is 76.2 Å². The quantitative estimate of drug-likeness (QED) is 0.512. The van der Waals surface area contributed by atoms with E-state index in [-0.39, 0.29) is 30.4 Å². The van der Waals surface area contributed by atoms with E-state index in [4.69, 9.17) is 0 Å². The highest BCUT2D eigenvalue weighted by Gasteiger charge is 2.16. The van der Waals surface area contributed by atoms with Crippen molar-refractivity contribution in [1.29, 1.82) is 0 Å². The van der Waals surface area contributed by atoms with Gasteiger partial charge in [-0.05, 0) is 12.5 Å². The molecule has 0 bridgehead atoms. The standard InChI is InChI=1S/C18H20FN5OS.2ClH/c1-13-9-20-11-24(13)12-26-8-7-21-18-22-10-15(17(25)23-18)16(19)14-5-3-2-4-6-14;;/h2-6,9-11,16H,7-8,12H2,1H3,(H2,21,22,23,25);2*1H. The molecule has 28 heavy (non-hydrogen) atoms. The molecule has 0 aliphatic heterocycles. The lowest BCUT2D eigenvalue weighted by Gasteiger charge is -2.10. The van der Waals surface area contributed by atoms with Gasteiger partial charge in [-0.25, -0.2) is 14.4 Å². The van der Waals surface area contributed by atoms with E-state index in [0.717, 1.165) is 17.3 Å². The van der Waals surface area contributed by atoms with E-state index in [2.05, 4.69) is 24.8 Å². The van der Waals surface area contributed by atoms with Gasteiger partial charge in [0.25, 0.3) is 5.56 Å². The summed E-state index contributed by atoms with van der Waals surface area (Å²) < 4.78 is 16.5. The van der Waals surface area contributed by atoms with Gasteiger partial charge in [0.05, 0.1) is 17.8 Å². The second-order valence-electron chi connectivity index (χ2n) is 5.76. The summed E-state index contributed by atoms with van der Waals surface area (Å²) in [7, 11) is 0. The molecule has 0 aliphatic carbocycles. The molecule has 2 heterocycles. The zero-order valence-electron chi connectivity index (χ0n) is 15.2. The molecule has 2 aromatic heterocycles. The Morgan fingerprint density at radius 1 is 1.25 bits per heavy atom. The van der Waals surface area contributed by atoms with Gasteiger partial charge in [0.2, 0.25) is 5.95 Å². The molecule has 3 rings (SSSR count). The highest BCUT2D eigenvalue weighted by atomic mass is 35.5. The molecule has 3 aromatic rings. The van der Waals surface area contributed by atoms with Crippen LogP contribution in [-0.2, 0) is 5.88 Å². The van der Waals surface area contributed by atoms with Crippen LogP contribution < -0.4 is 10.9 Å². The molecule has 1 aromatic carbocycles. The number of anilines is 1. The molecule has 6 nitrogen and oxygen atoms in total. The molecule has 1 unspecified atom stereocenters. The zero-order valence-corrected chi connectivity index (χ0v) is 17.6. The van der Waals surface area contributed by atoms with Crippen LogP contribution in [0, 0.1) is 6.92 Å². The minimum absolute atomic E-state index is 0. The summed E-state index contributed by atoms with van der Waals surface area (Å²) in [6.07, 6.45) is 3.42. The van der Waals surface area contributed by atoms with E-state index in [1.165, 1.54) is 6.20 Å². The van der Waals surface area contributed by atoms with Crippen molar-refractivity contribution in [2.24, 2.45) is 0 Å². The number of alkyl halides is 1. The average Bonchev–Trinajstić information content (AvgIpc) is 3.07. The van der Waals surface area contributed by atoms with Crippen LogP contribution in [-0.4, -0.2) is 31.8 Å². The Balaban J connectivity index is 0.00000196. The highest BCUT2D eigenvalue weighted by Crippen LogP contribution is 2.22. The van der Waals surface area contributed by atoms with Crippen molar-refractivity contribution >= 4 is 42.5 Å². The number of hydrogen-bond acceptors (Lipinski definition) is 5. The molecule has 0 spiro atoms. The van der Waals surface area contributed by atoms with Gasteiger partial charge in [-0.1, -0.05) is 30.3 Å². The summed E-state index contributed by atoms with van der Waals surface area (Å²) in [5.41, 5.74) is 1.09. The van der Waals surface area contributed by atoms with Crippen LogP contribution in [0.15, 0.2) is 53.8 Å². The average molecular weight is 446 g/mol. The van der Waals surface area contributed by atoms with Gasteiger partial charge >= 0.3 is 0 Å². The van der Waals surface area contributed by atoms with Crippen molar-refractivity contribution < 1.29 is 4.39 Å². The molecular formula is C18H22Cl2FN5OS. The lowest BCUT2D eigenvalue weighted by atomic mass is 10.1. The lowest BCUT2D eigenvalue weighted by molar-refractivity contribution is 0.398. The normalized spacial score (nSPS) is 11.2. The maximum Gasteiger partial charge on any atom is 0.258 e. The number of hydrogen-bond donors (Lipinski definition) is 2. The van der Waals surface area contributed by atoms with Crippen LogP contribution in [0.2, 0.25) is 0 Å². The second-order valence-corrected chi connectivity index (χ2v) is 6.83. The van der Waals surface area contributed by atoms with E-state index in [1.807, 2.05) is 13.1 Å². The Hall–Kier alpha value is -2.03. The van der Waals surface area contributed by atoms with Crippen LogP contribution in [0.3, 0.4) is 0 Å². The molecule has 1 atom stereocenters. The highest BCUT2D eigenvalue weighted by molar-refractivity contribution is 7.98. The predicted molar refractivity (Wildman–Crippen MR) is 117 cm³/mol. The fourth-order valence-electron chi connectivity index (χ4n) is 2.40. The molecule has 0 saturated carbocycles. The summed E-state index contributed by atoms with van der Waals surface area (Å²) in [6.45, 7) is 2.65. The van der Waals surface area contributed by atoms with Crippen molar-refractivity contribution in [2.75, 3.05) is 17.6 Å². The fourth-order valence-corrected chi connectivity index (χ4v) is 3.25. The number of rotatable bonds is 8. The number of imidazole rings is 1. The SMILES string of the molecule is Cc1cncn1CSCCNc1ncc(C(F)c2ccccc2)c(=O)[nH]1.Cl.Cl. The van der Waals surface area contributed by atoms with Crippen LogP contribution in [0.25, 0.3) is 0 Å². The topological polar surface area (TPSA) is 75.6 Å². The summed E-state index contributed by atoms with van der Waals surface area (Å²) in [6, 6.07) is 8.58. The number of nitrogens with one attached hydrogen (secondary N) is 2. The smallest absolute Gasteiger partial charge is 0.258 e. The molecular weight excluding hydrogens is 424 g/mol. The summed E-state index contributed by atoms with van der Waals surface area (Å²) in [4.78, 5) is 22.9. The number of aromatic nitrogens is 4. The molecule has 2 N–H and O–H groups in total. The first-order valence-electron chi connectivity index (χ1n) is 8.21. The van der Waals surface area contributed by atoms with Gasteiger partial charge in [-0.3, -0.25) is 9.78 Å². The first-order valence-corrected chi connectivity index (χ1v) is 9.37. The summed E-state index contributed by atoms with van der Waals surface area (Å²) in [5, 5.41) is 3.05. The van der Waals surface area contributed by atoms with Gasteiger partial charge in [0.15, 0.2) is 6.17 Å². The number of benzene rings is 1. The molecule has 0 radical (unpaired) electrons. The number of aromatic amines is 1. The van der Waals surface area contributed by atoms with E-state index in [1.54, 1.807) is 48.4 Å². The Kier molecular flexibility index (Phi) is 10.1. The predicted octanol–water partition coefficient (Wildman–Crippen LogP) is 3.98. The monoisotopic (exact) mass is 445 g/mol. The Morgan fingerprint density at radius 3 is 2.64 bits per heavy atom. The molecule has 10 heteroatoms. The molecule has 0 fully saturated rings. The van der Waals surface area contributed by atoms with Gasteiger partial charge < -0.3 is 9.88 Å². The number of nitrogens with zero attached hydrogens (tertiary/aromatic N) is 3. The third kappa shape index (κ3) is 6.25. The molecule has 0 amide bonds. The van der Waals surface area contributed by atoms with Crippen LogP contribution >= 0.6 is 36.6 Å². The minimum Gasteiger partial charge on any atom is -0.355 e. The summed E-state index contributed by atoms with van der Waals surface area (Å²) >= 11 is 1.73.